The van der Waals surface area contributed by atoms with E-state index in [1.807, 2.05) is 57.2 Å². The number of carboxylic acid groups (broad SMARTS) is 1. The summed E-state index contributed by atoms with van der Waals surface area (Å²) in [5.74, 6) is -1.17. The molecular formula is C18H16BNO4. The Hall–Kier alpha value is -3.02. The highest BCUT2D eigenvalue weighted by Crippen LogP contribution is 2.23. The van der Waals surface area contributed by atoms with Crippen LogP contribution in [0.2, 0.25) is 0 Å². The van der Waals surface area contributed by atoms with Gasteiger partial charge in [0, 0.05) is 5.39 Å². The van der Waals surface area contributed by atoms with Crippen LogP contribution in [0.5, 0.6) is 0 Å². The summed E-state index contributed by atoms with van der Waals surface area (Å²) in [6, 6.07) is 14.5. The van der Waals surface area contributed by atoms with Crippen molar-refractivity contribution in [1.29, 1.82) is 0 Å². The average Bonchev–Trinajstić information content (AvgIpc) is 2.93. The smallest absolute Gasteiger partial charge is 0.419 e. The largest absolute Gasteiger partial charge is 0.477 e. The van der Waals surface area contributed by atoms with Gasteiger partial charge in [-0.1, -0.05) is 47.9 Å². The lowest BCUT2D eigenvalue weighted by molar-refractivity contribution is 0.0681. The zero-order chi connectivity index (χ0) is 17.3. The second-order valence-corrected chi connectivity index (χ2v) is 5.73. The van der Waals surface area contributed by atoms with E-state index in [1.165, 1.54) is 6.07 Å². The highest BCUT2D eigenvalue weighted by atomic mass is 16.5. The van der Waals surface area contributed by atoms with Gasteiger partial charge in [0.25, 0.3) is 0 Å². The number of nitrogens with zero attached hydrogens (tertiary/aromatic N) is 1. The SMILES string of the molecule is Bc1cc(C)c2c(c1)cc(C(=O)O)n2C(=O)OCc1ccccc1. The van der Waals surface area contributed by atoms with Crippen molar-refractivity contribution in [3.63, 3.8) is 0 Å². The van der Waals surface area contributed by atoms with E-state index in [4.69, 9.17) is 4.74 Å². The lowest BCUT2D eigenvalue weighted by Crippen LogP contribution is -2.19. The van der Waals surface area contributed by atoms with Crippen LogP contribution < -0.4 is 5.46 Å². The minimum Gasteiger partial charge on any atom is -0.477 e. The van der Waals surface area contributed by atoms with Crippen LogP contribution in [-0.4, -0.2) is 29.6 Å². The number of aromatic nitrogens is 1. The van der Waals surface area contributed by atoms with Gasteiger partial charge in [0.15, 0.2) is 0 Å². The molecule has 0 amide bonds. The normalized spacial score (nSPS) is 10.7. The molecule has 0 radical (unpaired) electrons. The third-order valence-corrected chi connectivity index (χ3v) is 3.84. The van der Waals surface area contributed by atoms with Crippen LogP contribution in [-0.2, 0) is 11.3 Å². The number of hydrogen-bond donors (Lipinski definition) is 1. The number of carboxylic acids is 1. The number of aryl methyl sites for hydroxylation is 1. The lowest BCUT2D eigenvalue weighted by Gasteiger charge is -2.10. The fourth-order valence-electron chi connectivity index (χ4n) is 2.87. The third kappa shape index (κ3) is 2.90. The summed E-state index contributed by atoms with van der Waals surface area (Å²) in [5, 5.41) is 10.1. The number of carbonyl (C=O) groups is 2. The summed E-state index contributed by atoms with van der Waals surface area (Å²) in [5.41, 5.74) is 3.14. The Balaban J connectivity index is 2.02. The van der Waals surface area contributed by atoms with Crippen molar-refractivity contribution in [2.75, 3.05) is 0 Å². The maximum atomic E-state index is 12.5. The molecule has 1 N–H and O–H groups in total. The molecule has 0 saturated heterocycles. The summed E-state index contributed by atoms with van der Waals surface area (Å²) in [6.45, 7) is 1.94. The molecule has 0 aliphatic rings. The maximum Gasteiger partial charge on any atom is 0.419 e. The van der Waals surface area contributed by atoms with Crippen LogP contribution in [0.15, 0.2) is 48.5 Å². The Labute approximate surface area is 139 Å². The summed E-state index contributed by atoms with van der Waals surface area (Å²) < 4.78 is 6.45. The first-order chi connectivity index (χ1) is 11.5. The number of hydrogen-bond acceptors (Lipinski definition) is 3. The van der Waals surface area contributed by atoms with Crippen LogP contribution in [0.3, 0.4) is 0 Å². The van der Waals surface area contributed by atoms with Gasteiger partial charge in [-0.05, 0) is 24.1 Å². The van der Waals surface area contributed by atoms with Crippen molar-refractivity contribution in [3.8, 4) is 0 Å². The van der Waals surface area contributed by atoms with Gasteiger partial charge in [-0.2, -0.15) is 0 Å². The van der Waals surface area contributed by atoms with Crippen LogP contribution in [0.25, 0.3) is 10.9 Å². The van der Waals surface area contributed by atoms with Crippen LogP contribution in [0.4, 0.5) is 4.79 Å². The minimum atomic E-state index is -1.17. The predicted molar refractivity (Wildman–Crippen MR) is 93.8 cm³/mol. The van der Waals surface area contributed by atoms with Gasteiger partial charge in [-0.15, -0.1) is 0 Å². The van der Waals surface area contributed by atoms with E-state index in [2.05, 4.69) is 0 Å². The molecule has 0 unspecified atom stereocenters. The number of carbonyl (C=O) groups excluding carboxylic acids is 1. The summed E-state index contributed by atoms with van der Waals surface area (Å²) in [4.78, 5) is 24.1. The number of ether oxygens (including phenoxy) is 1. The summed E-state index contributed by atoms with van der Waals surface area (Å²) in [7, 11) is 1.93. The topological polar surface area (TPSA) is 68.5 Å². The first-order valence-electron chi connectivity index (χ1n) is 7.54. The van der Waals surface area contributed by atoms with E-state index in [0.29, 0.717) is 10.9 Å². The van der Waals surface area contributed by atoms with Gasteiger partial charge in [0.05, 0.1) is 5.52 Å². The molecule has 5 nitrogen and oxygen atoms in total. The lowest BCUT2D eigenvalue weighted by atomic mass is 9.93. The van der Waals surface area contributed by atoms with Crippen LogP contribution in [0.1, 0.15) is 21.6 Å². The molecule has 1 aromatic heterocycles. The van der Waals surface area contributed by atoms with Crippen LogP contribution in [0, 0.1) is 6.92 Å². The molecule has 1 heterocycles. The van der Waals surface area contributed by atoms with Crippen molar-refractivity contribution in [1.82, 2.24) is 4.57 Å². The second-order valence-electron chi connectivity index (χ2n) is 5.73. The zero-order valence-electron chi connectivity index (χ0n) is 13.4. The molecule has 0 bridgehead atoms. The zero-order valence-corrected chi connectivity index (χ0v) is 13.4. The molecule has 0 spiro atoms. The Bertz CT molecular complexity index is 931. The molecule has 2 aromatic carbocycles. The highest BCUT2D eigenvalue weighted by molar-refractivity contribution is 6.33. The molecule has 3 aromatic rings. The second kappa shape index (κ2) is 6.24. The van der Waals surface area contributed by atoms with Gasteiger partial charge in [0.1, 0.15) is 20.1 Å². The molecule has 6 heteroatoms. The molecule has 120 valence electrons. The minimum absolute atomic E-state index is 0.0866. The molecule has 3 rings (SSSR count). The Kier molecular flexibility index (Phi) is 4.12. The Morgan fingerprint density at radius 2 is 1.88 bits per heavy atom. The van der Waals surface area contributed by atoms with Gasteiger partial charge in [-0.25, -0.2) is 14.2 Å². The quantitative estimate of drug-likeness (QED) is 0.750. The predicted octanol–water partition coefficient (Wildman–Crippen LogP) is 2.09. The van der Waals surface area contributed by atoms with Crippen molar-refractivity contribution < 1.29 is 19.4 Å². The van der Waals surface area contributed by atoms with E-state index < -0.39 is 12.1 Å². The van der Waals surface area contributed by atoms with Crippen molar-refractivity contribution in [3.05, 3.63) is 65.4 Å². The van der Waals surface area contributed by atoms with E-state index in [1.54, 1.807) is 0 Å². The van der Waals surface area contributed by atoms with Gasteiger partial charge < -0.3 is 9.84 Å². The van der Waals surface area contributed by atoms with Gasteiger partial charge in [-0.3, -0.25) is 0 Å². The molecular weight excluding hydrogens is 305 g/mol. The van der Waals surface area contributed by atoms with E-state index in [0.717, 1.165) is 21.2 Å². The number of rotatable bonds is 3. The first kappa shape index (κ1) is 15.9. The van der Waals surface area contributed by atoms with Crippen molar-refractivity contribution in [2.24, 2.45) is 0 Å². The van der Waals surface area contributed by atoms with E-state index >= 15 is 0 Å². The first-order valence-corrected chi connectivity index (χ1v) is 7.54. The number of benzene rings is 2. The van der Waals surface area contributed by atoms with E-state index in [9.17, 15) is 14.7 Å². The fourth-order valence-corrected chi connectivity index (χ4v) is 2.87. The summed E-state index contributed by atoms with van der Waals surface area (Å²) in [6.07, 6.45) is -0.696. The average molecular weight is 321 g/mol. The third-order valence-electron chi connectivity index (χ3n) is 3.84. The monoisotopic (exact) mass is 321 g/mol. The van der Waals surface area contributed by atoms with Crippen molar-refractivity contribution in [2.45, 2.75) is 13.5 Å². The Morgan fingerprint density at radius 3 is 2.54 bits per heavy atom. The molecule has 0 fully saturated rings. The van der Waals surface area contributed by atoms with Gasteiger partial charge >= 0.3 is 12.1 Å². The van der Waals surface area contributed by atoms with Gasteiger partial charge in [0.2, 0.25) is 0 Å². The van der Waals surface area contributed by atoms with Crippen LogP contribution >= 0.6 is 0 Å². The fraction of sp³-hybridized carbons (Fsp3) is 0.111. The molecule has 0 atom stereocenters. The summed E-state index contributed by atoms with van der Waals surface area (Å²) >= 11 is 0. The van der Waals surface area contributed by atoms with Crippen molar-refractivity contribution >= 4 is 36.3 Å². The number of aromatic carboxylic acids is 1. The Morgan fingerprint density at radius 1 is 1.17 bits per heavy atom. The highest BCUT2D eigenvalue weighted by Gasteiger charge is 2.22. The standard InChI is InChI=1S/C18H16BNO4/c1-11-7-14(19)8-13-9-15(17(21)22)20(16(11)13)18(23)24-10-12-5-3-2-4-6-12/h2-9H,10,19H2,1H3,(H,21,22). The molecule has 24 heavy (non-hydrogen) atoms. The number of fused-ring (bicyclic) bond motifs is 1. The molecule has 0 aliphatic heterocycles. The van der Waals surface area contributed by atoms with E-state index in [-0.39, 0.29) is 12.3 Å². The molecule has 0 aliphatic carbocycles. The molecule has 0 saturated carbocycles. The maximum absolute atomic E-state index is 12.5.